The molecular formula is C68H86O6. The van der Waals surface area contributed by atoms with Crippen LogP contribution in [0.25, 0.3) is 22.9 Å². The SMILES string of the molecule is CCCCCCCOc1ccc(C2(c3ccc(OCCCCCCC)cc3)C=c3c(ccc4c5c(ccc34)OCC(c3ccc(OCCCCCCC)cc3)(c3ccc(OCCCCCCC)cc3)C=5)OC2)cc1. The van der Waals surface area contributed by atoms with Gasteiger partial charge in [-0.1, -0.05) is 191 Å². The molecule has 0 aromatic heterocycles. The first kappa shape index (κ1) is 54.4. The van der Waals surface area contributed by atoms with Gasteiger partial charge in [0.05, 0.1) is 37.3 Å². The normalized spacial score (nSPS) is 14.2. The third-order valence-electron chi connectivity index (χ3n) is 15.4. The van der Waals surface area contributed by atoms with Crippen molar-refractivity contribution in [3.8, 4) is 34.5 Å². The van der Waals surface area contributed by atoms with Crippen LogP contribution in [0, 0.1) is 0 Å². The van der Waals surface area contributed by atoms with Gasteiger partial charge >= 0.3 is 0 Å². The first-order chi connectivity index (χ1) is 36.5. The number of benzene rings is 6. The summed E-state index contributed by atoms with van der Waals surface area (Å²) < 4.78 is 39.0. The zero-order chi connectivity index (χ0) is 51.3. The summed E-state index contributed by atoms with van der Waals surface area (Å²) in [6.07, 6.45) is 29.1. The second-order valence-corrected chi connectivity index (χ2v) is 21.0. The minimum atomic E-state index is -0.586. The lowest BCUT2D eigenvalue weighted by Crippen LogP contribution is -2.40. The van der Waals surface area contributed by atoms with Crippen molar-refractivity contribution in [1.82, 2.24) is 0 Å². The van der Waals surface area contributed by atoms with E-state index in [1.54, 1.807) is 0 Å². The van der Waals surface area contributed by atoms with Gasteiger partial charge in [0.1, 0.15) is 47.7 Å². The Kier molecular flexibility index (Phi) is 20.7. The first-order valence-corrected chi connectivity index (χ1v) is 29.0. The zero-order valence-electron chi connectivity index (χ0n) is 45.5. The monoisotopic (exact) mass is 999 g/mol. The van der Waals surface area contributed by atoms with E-state index in [1.807, 2.05) is 0 Å². The molecule has 6 nitrogen and oxygen atoms in total. The van der Waals surface area contributed by atoms with Gasteiger partial charge in [-0.3, -0.25) is 0 Å². The predicted octanol–water partition coefficient (Wildman–Crippen LogP) is 16.6. The summed E-state index contributed by atoms with van der Waals surface area (Å²) in [6.45, 7) is 12.9. The Morgan fingerprint density at radius 1 is 0.311 bits per heavy atom. The topological polar surface area (TPSA) is 55.4 Å². The fraction of sp³-hybridized carbons (Fsp3) is 0.471. The molecule has 0 radical (unpaired) electrons. The van der Waals surface area contributed by atoms with E-state index >= 15 is 0 Å². The Labute approximate surface area is 444 Å². The van der Waals surface area contributed by atoms with Crippen molar-refractivity contribution in [3.63, 3.8) is 0 Å². The molecule has 0 saturated heterocycles. The second kappa shape index (κ2) is 28.1. The van der Waals surface area contributed by atoms with Crippen LogP contribution in [0.4, 0.5) is 0 Å². The maximum atomic E-state index is 6.93. The lowest BCUT2D eigenvalue weighted by molar-refractivity contribution is 0.265. The maximum absolute atomic E-state index is 6.93. The van der Waals surface area contributed by atoms with Crippen molar-refractivity contribution in [3.05, 3.63) is 154 Å². The van der Waals surface area contributed by atoms with Crippen LogP contribution in [0.2, 0.25) is 0 Å². The Morgan fingerprint density at radius 3 is 0.824 bits per heavy atom. The average Bonchev–Trinajstić information content (AvgIpc) is 3.46. The highest BCUT2D eigenvalue weighted by Gasteiger charge is 2.38. The van der Waals surface area contributed by atoms with Gasteiger partial charge in [0.15, 0.2) is 0 Å². The molecule has 0 saturated carbocycles. The number of rotatable bonds is 32. The van der Waals surface area contributed by atoms with Crippen molar-refractivity contribution in [2.75, 3.05) is 39.6 Å². The van der Waals surface area contributed by atoms with E-state index in [2.05, 4.69) is 161 Å². The minimum absolute atomic E-state index is 0.460. The van der Waals surface area contributed by atoms with Crippen LogP contribution in [0.5, 0.6) is 34.5 Å². The van der Waals surface area contributed by atoms with E-state index in [-0.39, 0.29) is 0 Å². The van der Waals surface area contributed by atoms with E-state index in [9.17, 15) is 0 Å². The molecule has 6 aromatic carbocycles. The van der Waals surface area contributed by atoms with Gasteiger partial charge in [-0.05, 0) is 132 Å². The number of unbranched alkanes of at least 4 members (excludes halogenated alkanes) is 16. The van der Waals surface area contributed by atoms with Crippen LogP contribution in [0.1, 0.15) is 178 Å². The summed E-state index contributed by atoms with van der Waals surface area (Å²) in [6, 6.07) is 43.7. The average molecular weight is 999 g/mol. The maximum Gasteiger partial charge on any atom is 0.126 e. The Morgan fingerprint density at radius 2 is 0.568 bits per heavy atom. The summed E-state index contributed by atoms with van der Waals surface area (Å²) in [7, 11) is 0. The number of hydrogen-bond acceptors (Lipinski definition) is 6. The molecule has 0 amide bonds. The highest BCUT2D eigenvalue weighted by atomic mass is 16.5. The fourth-order valence-electron chi connectivity index (χ4n) is 10.9. The van der Waals surface area contributed by atoms with E-state index in [0.717, 1.165) is 130 Å². The van der Waals surface area contributed by atoms with Crippen LogP contribution in [-0.2, 0) is 10.8 Å². The minimum Gasteiger partial charge on any atom is -0.494 e. The molecule has 0 spiro atoms. The van der Waals surface area contributed by atoms with Crippen LogP contribution in [0.15, 0.2) is 121 Å². The largest absolute Gasteiger partial charge is 0.494 e. The summed E-state index contributed by atoms with van der Waals surface area (Å²) in [4.78, 5) is 0. The summed E-state index contributed by atoms with van der Waals surface area (Å²) in [5.74, 6) is 5.35. The molecule has 6 aromatic rings. The van der Waals surface area contributed by atoms with Crippen molar-refractivity contribution >= 4 is 22.9 Å². The molecule has 8 rings (SSSR count). The molecule has 0 atom stereocenters. The highest BCUT2D eigenvalue weighted by Crippen LogP contribution is 2.42. The molecular weight excluding hydrogens is 913 g/mol. The lowest BCUT2D eigenvalue weighted by Gasteiger charge is -2.36. The van der Waals surface area contributed by atoms with Gasteiger partial charge in [0.25, 0.3) is 0 Å². The standard InChI is InChI=1S/C68H86O6/c1-5-9-13-17-21-45-69-57-33-25-53(26-34-57)67(54-27-35-58(36-28-54)70-46-22-18-14-10-6-2)49-63-61-41-44-66-64(62(61)42-43-65(63)73-51-67)50-68(52-74-66,55-29-37-59(38-30-55)71-47-23-19-15-11-7-3)56-31-39-60(40-32-56)72-48-24-20-16-12-8-4/h25-44,49-50H,5-24,45-48,51-52H2,1-4H3. The summed E-state index contributed by atoms with van der Waals surface area (Å²) in [5.41, 5.74) is 3.44. The van der Waals surface area contributed by atoms with Gasteiger partial charge in [-0.2, -0.15) is 0 Å². The third-order valence-corrected chi connectivity index (χ3v) is 15.4. The van der Waals surface area contributed by atoms with Crippen LogP contribution in [0.3, 0.4) is 0 Å². The number of fused-ring (bicyclic) bond motifs is 5. The lowest BCUT2D eigenvalue weighted by atomic mass is 9.72. The molecule has 0 bridgehead atoms. The molecule has 6 heteroatoms. The van der Waals surface area contributed by atoms with Crippen LogP contribution >= 0.6 is 0 Å². The Hall–Kier alpha value is -5.88. The van der Waals surface area contributed by atoms with Gasteiger partial charge in [0, 0.05) is 10.4 Å². The number of hydrogen-bond donors (Lipinski definition) is 0. The van der Waals surface area contributed by atoms with Crippen molar-refractivity contribution in [2.45, 2.75) is 167 Å². The number of ether oxygens (including phenoxy) is 6. The summed E-state index contributed by atoms with van der Waals surface area (Å²) >= 11 is 0. The summed E-state index contributed by atoms with van der Waals surface area (Å²) in [5, 5.41) is 4.40. The molecule has 74 heavy (non-hydrogen) atoms. The molecule has 0 N–H and O–H groups in total. The van der Waals surface area contributed by atoms with Gasteiger partial charge in [-0.15, -0.1) is 0 Å². The molecule has 0 aliphatic carbocycles. The van der Waals surface area contributed by atoms with E-state index in [1.165, 1.54) is 103 Å². The fourth-order valence-corrected chi connectivity index (χ4v) is 10.9. The Bertz CT molecular complexity index is 2410. The van der Waals surface area contributed by atoms with Crippen LogP contribution < -0.4 is 38.9 Å². The third kappa shape index (κ3) is 13.9. The van der Waals surface area contributed by atoms with E-state index in [4.69, 9.17) is 28.4 Å². The van der Waals surface area contributed by atoms with Gasteiger partial charge < -0.3 is 28.4 Å². The smallest absolute Gasteiger partial charge is 0.126 e. The quantitative estimate of drug-likeness (QED) is 0.0393. The molecule has 2 heterocycles. The van der Waals surface area contributed by atoms with Crippen LogP contribution in [-0.4, -0.2) is 39.6 Å². The predicted molar refractivity (Wildman–Crippen MR) is 307 cm³/mol. The van der Waals surface area contributed by atoms with E-state index in [0.29, 0.717) is 13.2 Å². The molecule has 0 unspecified atom stereocenters. The molecule has 394 valence electrons. The molecule has 2 aliphatic heterocycles. The highest BCUT2D eigenvalue weighted by molar-refractivity contribution is 5.90. The van der Waals surface area contributed by atoms with Gasteiger partial charge in [-0.25, -0.2) is 0 Å². The van der Waals surface area contributed by atoms with Gasteiger partial charge in [0.2, 0.25) is 0 Å². The second-order valence-electron chi connectivity index (χ2n) is 21.0. The first-order valence-electron chi connectivity index (χ1n) is 29.0. The molecule has 0 fully saturated rings. The Balaban J connectivity index is 1.17. The molecule has 2 aliphatic rings. The van der Waals surface area contributed by atoms with E-state index < -0.39 is 10.8 Å². The van der Waals surface area contributed by atoms with Crippen molar-refractivity contribution in [2.24, 2.45) is 0 Å². The van der Waals surface area contributed by atoms with Crippen molar-refractivity contribution in [1.29, 1.82) is 0 Å². The zero-order valence-corrected chi connectivity index (χ0v) is 45.5. The van der Waals surface area contributed by atoms with Crippen molar-refractivity contribution < 1.29 is 28.4 Å².